The third-order valence-electron chi connectivity index (χ3n) is 3.58. The van der Waals surface area contributed by atoms with Crippen molar-refractivity contribution in [3.63, 3.8) is 0 Å². The van der Waals surface area contributed by atoms with E-state index in [0.29, 0.717) is 45.3 Å². The Morgan fingerprint density at radius 2 is 2.21 bits per heavy atom. The smallest absolute Gasteiger partial charge is 0.451 e. The predicted octanol–water partition coefficient (Wildman–Crippen LogP) is -1.64. The standard InChI is InChI=1S/C11H24BN3O4/c13-5-6-14-9-7-11(10(16)17,15-8-9)3-1-2-4-12(18)19/h9,14-15,18-19H,1-8,13H2,(H,16,17)/t9-,11+/m1/s1. The fraction of sp³-hybridized carbons (Fsp3) is 0.909. The SMILES string of the molecule is NCCN[C@H]1CN[C@](CCCCB(O)O)(C(=O)O)C1. The quantitative estimate of drug-likeness (QED) is 0.220. The molecule has 0 bridgehead atoms. The Labute approximate surface area is 113 Å². The zero-order valence-electron chi connectivity index (χ0n) is 11.1. The van der Waals surface area contributed by atoms with E-state index in [2.05, 4.69) is 10.6 Å². The number of carboxylic acids is 1. The van der Waals surface area contributed by atoms with Crippen LogP contribution in [0.1, 0.15) is 25.7 Å². The van der Waals surface area contributed by atoms with Crippen LogP contribution in [-0.2, 0) is 4.79 Å². The van der Waals surface area contributed by atoms with Gasteiger partial charge in [0.2, 0.25) is 0 Å². The average molecular weight is 273 g/mol. The molecule has 110 valence electrons. The maximum absolute atomic E-state index is 11.5. The molecule has 0 aromatic rings. The first-order valence-corrected chi connectivity index (χ1v) is 6.78. The van der Waals surface area contributed by atoms with E-state index in [0.717, 1.165) is 0 Å². The molecule has 7 nitrogen and oxygen atoms in total. The van der Waals surface area contributed by atoms with E-state index in [-0.39, 0.29) is 12.4 Å². The summed E-state index contributed by atoms with van der Waals surface area (Å²) in [5.74, 6) is -0.839. The lowest BCUT2D eigenvalue weighted by molar-refractivity contribution is -0.144. The van der Waals surface area contributed by atoms with Crippen LogP contribution in [0.2, 0.25) is 6.32 Å². The minimum absolute atomic E-state index is 0.128. The van der Waals surface area contributed by atoms with Gasteiger partial charge in [-0.2, -0.15) is 0 Å². The van der Waals surface area contributed by atoms with Crippen molar-refractivity contribution in [2.24, 2.45) is 5.73 Å². The highest BCUT2D eigenvalue weighted by molar-refractivity contribution is 6.40. The first-order chi connectivity index (χ1) is 9.00. The second-order valence-electron chi connectivity index (χ2n) is 5.14. The van der Waals surface area contributed by atoms with Gasteiger partial charge < -0.3 is 31.5 Å². The summed E-state index contributed by atoms with van der Waals surface area (Å²) in [6.45, 7) is 1.83. The number of hydrogen-bond donors (Lipinski definition) is 6. The molecule has 2 atom stereocenters. The Kier molecular flexibility index (Phi) is 6.74. The lowest BCUT2D eigenvalue weighted by Crippen LogP contribution is -2.47. The van der Waals surface area contributed by atoms with Crippen molar-refractivity contribution in [2.45, 2.75) is 43.6 Å². The van der Waals surface area contributed by atoms with E-state index in [4.69, 9.17) is 15.8 Å². The third kappa shape index (κ3) is 5.08. The highest BCUT2D eigenvalue weighted by atomic mass is 16.4. The van der Waals surface area contributed by atoms with Gasteiger partial charge in [0.25, 0.3) is 0 Å². The first-order valence-electron chi connectivity index (χ1n) is 6.78. The van der Waals surface area contributed by atoms with E-state index in [1.54, 1.807) is 0 Å². The topological polar surface area (TPSA) is 128 Å². The molecule has 19 heavy (non-hydrogen) atoms. The number of nitrogens with one attached hydrogen (secondary N) is 2. The Bertz CT molecular complexity index is 293. The van der Waals surface area contributed by atoms with Crippen molar-refractivity contribution >= 4 is 13.1 Å². The summed E-state index contributed by atoms with van der Waals surface area (Å²) < 4.78 is 0. The molecule has 8 heteroatoms. The Morgan fingerprint density at radius 1 is 1.47 bits per heavy atom. The largest absolute Gasteiger partial charge is 0.480 e. The molecule has 1 saturated heterocycles. The van der Waals surface area contributed by atoms with Crippen LogP contribution in [0.5, 0.6) is 0 Å². The summed E-state index contributed by atoms with van der Waals surface area (Å²) in [5, 5.41) is 33.2. The van der Waals surface area contributed by atoms with Crippen LogP contribution in [0.4, 0.5) is 0 Å². The average Bonchev–Trinajstić information content (AvgIpc) is 2.77. The molecule has 7 N–H and O–H groups in total. The van der Waals surface area contributed by atoms with Crippen LogP contribution in [-0.4, -0.2) is 59.5 Å². The van der Waals surface area contributed by atoms with E-state index < -0.39 is 18.6 Å². The summed E-state index contributed by atoms with van der Waals surface area (Å²) in [6.07, 6.45) is 2.57. The summed E-state index contributed by atoms with van der Waals surface area (Å²) in [4.78, 5) is 11.5. The van der Waals surface area contributed by atoms with Crippen molar-refractivity contribution < 1.29 is 19.9 Å². The van der Waals surface area contributed by atoms with Gasteiger partial charge in [-0.15, -0.1) is 0 Å². The van der Waals surface area contributed by atoms with Crippen LogP contribution >= 0.6 is 0 Å². The molecule has 1 rings (SSSR count). The minimum Gasteiger partial charge on any atom is -0.480 e. The summed E-state index contributed by atoms with van der Waals surface area (Å²) in [6, 6.07) is 0.128. The number of carbonyl (C=O) groups is 1. The number of nitrogens with two attached hydrogens (primary N) is 1. The van der Waals surface area contributed by atoms with Gasteiger partial charge in [0.15, 0.2) is 0 Å². The van der Waals surface area contributed by atoms with E-state index in [1.807, 2.05) is 0 Å². The summed E-state index contributed by atoms with van der Waals surface area (Å²) >= 11 is 0. The molecule has 1 aliphatic rings. The van der Waals surface area contributed by atoms with Gasteiger partial charge in [-0.05, 0) is 19.2 Å². The fourth-order valence-electron chi connectivity index (χ4n) is 2.53. The first kappa shape index (κ1) is 16.4. The normalized spacial score (nSPS) is 26.6. The molecule has 0 saturated carbocycles. The van der Waals surface area contributed by atoms with Crippen LogP contribution in [0.25, 0.3) is 0 Å². The van der Waals surface area contributed by atoms with Crippen molar-refractivity contribution in [3.05, 3.63) is 0 Å². The Morgan fingerprint density at radius 3 is 2.79 bits per heavy atom. The monoisotopic (exact) mass is 273 g/mol. The molecule has 0 amide bonds. The highest BCUT2D eigenvalue weighted by Crippen LogP contribution is 2.26. The van der Waals surface area contributed by atoms with Gasteiger partial charge in [0.1, 0.15) is 5.54 Å². The molecular weight excluding hydrogens is 249 g/mol. The van der Waals surface area contributed by atoms with Crippen LogP contribution in [0, 0.1) is 0 Å². The molecule has 1 aliphatic heterocycles. The van der Waals surface area contributed by atoms with Gasteiger partial charge in [-0.1, -0.05) is 12.8 Å². The van der Waals surface area contributed by atoms with E-state index in [9.17, 15) is 9.90 Å². The molecule has 1 fully saturated rings. The van der Waals surface area contributed by atoms with Crippen LogP contribution < -0.4 is 16.4 Å². The van der Waals surface area contributed by atoms with Crippen molar-refractivity contribution in [3.8, 4) is 0 Å². The molecule has 0 radical (unpaired) electrons. The zero-order valence-corrected chi connectivity index (χ0v) is 11.1. The van der Waals surface area contributed by atoms with E-state index >= 15 is 0 Å². The number of rotatable bonds is 9. The van der Waals surface area contributed by atoms with Crippen molar-refractivity contribution in [2.75, 3.05) is 19.6 Å². The van der Waals surface area contributed by atoms with Crippen LogP contribution in [0.15, 0.2) is 0 Å². The molecule has 0 aromatic carbocycles. The van der Waals surface area contributed by atoms with Crippen LogP contribution in [0.3, 0.4) is 0 Å². The Balaban J connectivity index is 2.41. The predicted molar refractivity (Wildman–Crippen MR) is 72.7 cm³/mol. The van der Waals surface area contributed by atoms with Crippen molar-refractivity contribution in [1.29, 1.82) is 0 Å². The second-order valence-corrected chi connectivity index (χ2v) is 5.14. The zero-order chi connectivity index (χ0) is 14.3. The molecule has 0 unspecified atom stereocenters. The Hall–Kier alpha value is -0.665. The highest BCUT2D eigenvalue weighted by Gasteiger charge is 2.44. The molecule has 0 aromatic heterocycles. The number of unbranched alkanes of at least 4 members (excludes halogenated alkanes) is 1. The lowest BCUT2D eigenvalue weighted by Gasteiger charge is -2.24. The van der Waals surface area contributed by atoms with Crippen molar-refractivity contribution in [1.82, 2.24) is 10.6 Å². The molecule has 1 heterocycles. The van der Waals surface area contributed by atoms with Gasteiger partial charge in [-0.25, -0.2) is 0 Å². The molecular formula is C11H24BN3O4. The van der Waals surface area contributed by atoms with Gasteiger partial charge in [-0.3, -0.25) is 4.79 Å². The molecule has 0 spiro atoms. The second kappa shape index (κ2) is 7.81. The van der Waals surface area contributed by atoms with Gasteiger partial charge >= 0.3 is 13.1 Å². The maximum atomic E-state index is 11.5. The van der Waals surface area contributed by atoms with Gasteiger partial charge in [0, 0.05) is 25.7 Å². The lowest BCUT2D eigenvalue weighted by atomic mass is 9.81. The fourth-order valence-corrected chi connectivity index (χ4v) is 2.53. The third-order valence-corrected chi connectivity index (χ3v) is 3.58. The maximum Gasteiger partial charge on any atom is 0.451 e. The minimum atomic E-state index is -1.31. The van der Waals surface area contributed by atoms with E-state index in [1.165, 1.54) is 0 Å². The number of hydrogen-bond acceptors (Lipinski definition) is 6. The molecule has 0 aliphatic carbocycles. The number of carboxylic acid groups (broad SMARTS) is 1. The summed E-state index contributed by atoms with van der Waals surface area (Å²) in [5.41, 5.74) is 4.52. The number of aliphatic carboxylic acids is 1. The van der Waals surface area contributed by atoms with Gasteiger partial charge in [0.05, 0.1) is 0 Å². The summed E-state index contributed by atoms with van der Waals surface area (Å²) in [7, 11) is -1.31.